The minimum Gasteiger partial charge on any atom is -0.324 e. The van der Waals surface area contributed by atoms with Gasteiger partial charge in [0.1, 0.15) is 5.82 Å². The molecule has 2 aromatic carbocycles. The number of aryl methyl sites for hydroxylation is 1. The zero-order valence-electron chi connectivity index (χ0n) is 13.0. The molecule has 0 bridgehead atoms. The molecule has 0 saturated carbocycles. The number of nitrogens with one attached hydrogen (secondary N) is 2. The number of hydrogen-bond donors (Lipinski definition) is 2. The molecular formula is C18H15FN4O. The number of amides is 1. The summed E-state index contributed by atoms with van der Waals surface area (Å²) in [6.45, 7) is 1.95. The maximum absolute atomic E-state index is 13.1. The second kappa shape index (κ2) is 6.87. The van der Waals surface area contributed by atoms with Gasteiger partial charge in [-0.1, -0.05) is 18.2 Å². The van der Waals surface area contributed by atoms with E-state index >= 15 is 0 Å². The molecule has 0 unspecified atom stereocenters. The monoisotopic (exact) mass is 322 g/mol. The van der Waals surface area contributed by atoms with Gasteiger partial charge in [-0.15, -0.1) is 0 Å². The zero-order valence-corrected chi connectivity index (χ0v) is 13.0. The van der Waals surface area contributed by atoms with E-state index in [0.717, 1.165) is 5.56 Å². The highest BCUT2D eigenvalue weighted by Crippen LogP contribution is 2.15. The van der Waals surface area contributed by atoms with Crippen LogP contribution in [0.2, 0.25) is 0 Å². The van der Waals surface area contributed by atoms with Gasteiger partial charge in [0.05, 0.1) is 5.56 Å². The van der Waals surface area contributed by atoms with E-state index in [1.165, 1.54) is 24.5 Å². The van der Waals surface area contributed by atoms with Crippen molar-refractivity contribution in [2.75, 3.05) is 10.6 Å². The van der Waals surface area contributed by atoms with E-state index in [9.17, 15) is 9.18 Å². The van der Waals surface area contributed by atoms with Gasteiger partial charge in [-0.2, -0.15) is 0 Å². The first-order chi connectivity index (χ1) is 11.6. The third kappa shape index (κ3) is 3.92. The first kappa shape index (κ1) is 15.6. The molecule has 0 aliphatic heterocycles. The zero-order chi connectivity index (χ0) is 16.9. The summed E-state index contributed by atoms with van der Waals surface area (Å²) in [5.41, 5.74) is 2.63. The lowest BCUT2D eigenvalue weighted by atomic mass is 10.2. The number of rotatable bonds is 4. The highest BCUT2D eigenvalue weighted by Gasteiger charge is 2.08. The van der Waals surface area contributed by atoms with Gasteiger partial charge in [0.25, 0.3) is 5.91 Å². The summed E-state index contributed by atoms with van der Waals surface area (Å²) in [7, 11) is 0. The van der Waals surface area contributed by atoms with Crippen LogP contribution >= 0.6 is 0 Å². The maximum atomic E-state index is 13.1. The Morgan fingerprint density at radius 2 is 1.71 bits per heavy atom. The van der Waals surface area contributed by atoms with Crippen molar-refractivity contribution >= 4 is 23.2 Å². The van der Waals surface area contributed by atoms with E-state index in [1.54, 1.807) is 12.1 Å². The molecule has 24 heavy (non-hydrogen) atoms. The molecule has 1 heterocycles. The lowest BCUT2D eigenvalue weighted by Gasteiger charge is -2.07. The predicted molar refractivity (Wildman–Crippen MR) is 90.8 cm³/mol. The second-order valence-corrected chi connectivity index (χ2v) is 5.25. The molecule has 3 aromatic rings. The van der Waals surface area contributed by atoms with Crippen LogP contribution in [-0.2, 0) is 0 Å². The molecule has 0 spiro atoms. The summed E-state index contributed by atoms with van der Waals surface area (Å²) in [5.74, 6) is -0.361. The Morgan fingerprint density at radius 1 is 1.00 bits per heavy atom. The van der Waals surface area contributed by atoms with Crippen LogP contribution in [-0.4, -0.2) is 15.9 Å². The fraction of sp³-hybridized carbons (Fsp3) is 0.0556. The van der Waals surface area contributed by atoms with Crippen molar-refractivity contribution in [1.82, 2.24) is 9.97 Å². The van der Waals surface area contributed by atoms with Crippen molar-refractivity contribution in [1.29, 1.82) is 0 Å². The third-order valence-corrected chi connectivity index (χ3v) is 3.27. The molecule has 0 aliphatic rings. The number of nitrogens with zero attached hydrogens (tertiary/aromatic N) is 2. The number of carbonyl (C=O) groups excluding carboxylic acids is 1. The minimum absolute atomic E-state index is 0.285. The van der Waals surface area contributed by atoms with Gasteiger partial charge < -0.3 is 10.6 Å². The molecule has 1 aromatic heterocycles. The Bertz CT molecular complexity index is 865. The summed E-state index contributed by atoms with van der Waals surface area (Å²) in [6.07, 6.45) is 2.83. The number of anilines is 3. The molecule has 0 radical (unpaired) electrons. The van der Waals surface area contributed by atoms with Gasteiger partial charge in [0.15, 0.2) is 0 Å². The van der Waals surface area contributed by atoms with Crippen molar-refractivity contribution in [3.8, 4) is 0 Å². The lowest BCUT2D eigenvalue weighted by molar-refractivity contribution is 0.102. The van der Waals surface area contributed by atoms with Crippen molar-refractivity contribution in [3.05, 3.63) is 77.9 Å². The van der Waals surface area contributed by atoms with E-state index in [1.807, 2.05) is 31.2 Å². The standard InChI is InChI=1S/C18H15FN4O/c1-12-4-2-6-15(8-12)22-17(24)13-10-20-18(21-11-13)23-16-7-3-5-14(19)9-16/h2-11H,1H3,(H,22,24)(H,20,21,23). The van der Waals surface area contributed by atoms with Crippen LogP contribution in [0.3, 0.4) is 0 Å². The van der Waals surface area contributed by atoms with E-state index in [0.29, 0.717) is 16.9 Å². The molecule has 6 heteroatoms. The first-order valence-corrected chi connectivity index (χ1v) is 7.33. The topological polar surface area (TPSA) is 66.9 Å². The molecule has 5 nitrogen and oxygen atoms in total. The first-order valence-electron chi connectivity index (χ1n) is 7.33. The highest BCUT2D eigenvalue weighted by molar-refractivity contribution is 6.03. The predicted octanol–water partition coefficient (Wildman–Crippen LogP) is 3.92. The number of aromatic nitrogens is 2. The molecule has 0 saturated heterocycles. The van der Waals surface area contributed by atoms with E-state index in [2.05, 4.69) is 20.6 Å². The van der Waals surface area contributed by atoms with Crippen LogP contribution in [0.4, 0.5) is 21.7 Å². The van der Waals surface area contributed by atoms with Crippen molar-refractivity contribution in [2.45, 2.75) is 6.92 Å². The van der Waals surface area contributed by atoms with Gasteiger partial charge in [0, 0.05) is 23.8 Å². The SMILES string of the molecule is Cc1cccc(NC(=O)c2cnc(Nc3cccc(F)c3)nc2)c1. The fourth-order valence-electron chi connectivity index (χ4n) is 2.13. The highest BCUT2D eigenvalue weighted by atomic mass is 19.1. The Hall–Kier alpha value is -3.28. The normalized spacial score (nSPS) is 10.2. The van der Waals surface area contributed by atoms with Crippen LogP contribution in [0, 0.1) is 12.7 Å². The van der Waals surface area contributed by atoms with Crippen LogP contribution in [0.15, 0.2) is 60.9 Å². The summed E-state index contributed by atoms with van der Waals surface area (Å²) in [5, 5.41) is 5.66. The molecule has 3 rings (SSSR count). The quantitative estimate of drug-likeness (QED) is 0.764. The van der Waals surface area contributed by atoms with Crippen LogP contribution in [0.5, 0.6) is 0 Å². The van der Waals surface area contributed by atoms with Crippen molar-refractivity contribution < 1.29 is 9.18 Å². The smallest absolute Gasteiger partial charge is 0.258 e. The number of hydrogen-bond acceptors (Lipinski definition) is 4. The van der Waals surface area contributed by atoms with Gasteiger partial charge in [-0.25, -0.2) is 14.4 Å². The van der Waals surface area contributed by atoms with Crippen LogP contribution < -0.4 is 10.6 Å². The molecule has 1 amide bonds. The summed E-state index contributed by atoms with van der Waals surface area (Å²) >= 11 is 0. The fourth-order valence-corrected chi connectivity index (χ4v) is 2.13. The van der Waals surface area contributed by atoms with Crippen LogP contribution in [0.1, 0.15) is 15.9 Å². The van der Waals surface area contributed by atoms with E-state index < -0.39 is 0 Å². The Morgan fingerprint density at radius 3 is 2.42 bits per heavy atom. The Kier molecular flexibility index (Phi) is 4.47. The molecular weight excluding hydrogens is 307 g/mol. The molecule has 2 N–H and O–H groups in total. The number of carbonyl (C=O) groups is 1. The minimum atomic E-state index is -0.353. The average Bonchev–Trinajstić information content (AvgIpc) is 2.55. The maximum Gasteiger partial charge on any atom is 0.258 e. The third-order valence-electron chi connectivity index (χ3n) is 3.27. The Balaban J connectivity index is 1.68. The number of halogens is 1. The average molecular weight is 322 g/mol. The second-order valence-electron chi connectivity index (χ2n) is 5.25. The summed E-state index contributed by atoms with van der Waals surface area (Å²) in [4.78, 5) is 20.3. The van der Waals surface area contributed by atoms with Gasteiger partial charge in [-0.3, -0.25) is 4.79 Å². The van der Waals surface area contributed by atoms with E-state index in [-0.39, 0.29) is 17.7 Å². The van der Waals surface area contributed by atoms with Crippen molar-refractivity contribution in [3.63, 3.8) is 0 Å². The van der Waals surface area contributed by atoms with Gasteiger partial charge in [-0.05, 0) is 42.8 Å². The molecule has 0 fully saturated rings. The van der Waals surface area contributed by atoms with Gasteiger partial charge in [0.2, 0.25) is 5.95 Å². The molecule has 0 aliphatic carbocycles. The molecule has 0 atom stereocenters. The molecule has 120 valence electrons. The van der Waals surface area contributed by atoms with E-state index in [4.69, 9.17) is 0 Å². The number of benzene rings is 2. The largest absolute Gasteiger partial charge is 0.324 e. The summed E-state index contributed by atoms with van der Waals surface area (Å²) in [6, 6.07) is 13.5. The lowest BCUT2D eigenvalue weighted by Crippen LogP contribution is -2.13. The van der Waals surface area contributed by atoms with Crippen molar-refractivity contribution in [2.24, 2.45) is 0 Å². The van der Waals surface area contributed by atoms with Crippen LogP contribution in [0.25, 0.3) is 0 Å². The van der Waals surface area contributed by atoms with Gasteiger partial charge >= 0.3 is 0 Å². The Labute approximate surface area is 138 Å². The summed E-state index contributed by atoms with van der Waals surface area (Å²) < 4.78 is 13.1.